The van der Waals surface area contributed by atoms with Gasteiger partial charge in [-0.15, -0.1) is 11.3 Å². The van der Waals surface area contributed by atoms with E-state index in [1.807, 2.05) is 27.7 Å². The molecule has 0 aliphatic carbocycles. The lowest BCUT2D eigenvalue weighted by Gasteiger charge is -2.09. The van der Waals surface area contributed by atoms with Crippen molar-refractivity contribution in [1.82, 2.24) is 0 Å². The highest BCUT2D eigenvalue weighted by atomic mass is 35.5. The third kappa shape index (κ3) is 4.80. The maximum absolute atomic E-state index is 12.0. The average molecular weight is 319 g/mol. The summed E-state index contributed by atoms with van der Waals surface area (Å²) in [5, 5.41) is 1.52. The van der Waals surface area contributed by atoms with Crippen molar-refractivity contribution in [2.24, 2.45) is 11.8 Å². The molecule has 6 heteroatoms. The molecular weight excluding hydrogens is 300 g/mol. The van der Waals surface area contributed by atoms with Crippen LogP contribution in [0.4, 0.5) is 0 Å². The van der Waals surface area contributed by atoms with Crippen LogP contribution in [0.3, 0.4) is 0 Å². The van der Waals surface area contributed by atoms with Crippen LogP contribution in [-0.2, 0) is 9.47 Å². The van der Waals surface area contributed by atoms with Crippen molar-refractivity contribution in [3.63, 3.8) is 0 Å². The van der Waals surface area contributed by atoms with Crippen LogP contribution in [0, 0.1) is 11.8 Å². The van der Waals surface area contributed by atoms with Gasteiger partial charge in [0.25, 0.3) is 0 Å². The van der Waals surface area contributed by atoms with Crippen molar-refractivity contribution in [3.05, 3.63) is 20.8 Å². The van der Waals surface area contributed by atoms with Crippen molar-refractivity contribution in [3.8, 4) is 0 Å². The number of hydrogen-bond donors (Lipinski definition) is 0. The minimum Gasteiger partial charge on any atom is -0.462 e. The van der Waals surface area contributed by atoms with Crippen molar-refractivity contribution in [1.29, 1.82) is 0 Å². The van der Waals surface area contributed by atoms with Crippen LogP contribution in [0.5, 0.6) is 0 Å². The molecule has 1 heterocycles. The summed E-state index contributed by atoms with van der Waals surface area (Å²) >= 11 is 7.09. The molecule has 0 N–H and O–H groups in total. The molecule has 1 rings (SSSR count). The summed E-state index contributed by atoms with van der Waals surface area (Å²) in [6.07, 6.45) is 0. The number of ether oxygens (including phenoxy) is 2. The van der Waals surface area contributed by atoms with Gasteiger partial charge in [-0.25, -0.2) is 9.59 Å². The summed E-state index contributed by atoms with van der Waals surface area (Å²) in [6.45, 7) is 8.32. The molecule has 0 unspecified atom stereocenters. The van der Waals surface area contributed by atoms with Crippen molar-refractivity contribution >= 4 is 34.9 Å². The molecule has 1 aromatic rings. The van der Waals surface area contributed by atoms with Gasteiger partial charge in [0, 0.05) is 5.38 Å². The Labute approximate surface area is 128 Å². The molecular formula is C14H19ClO4S. The normalized spacial score (nSPS) is 10.9. The van der Waals surface area contributed by atoms with Gasteiger partial charge in [-0.2, -0.15) is 0 Å². The highest BCUT2D eigenvalue weighted by molar-refractivity contribution is 7.15. The molecule has 1 aromatic heterocycles. The Kier molecular flexibility index (Phi) is 6.49. The molecule has 0 saturated heterocycles. The van der Waals surface area contributed by atoms with Crippen LogP contribution in [0.15, 0.2) is 5.38 Å². The standard InChI is InChI=1S/C14H19ClO4S/c1-8(2)5-18-13(16)10-7-20-12(15)11(10)14(17)19-6-9(3)4/h7-9H,5-6H2,1-4H3. The highest BCUT2D eigenvalue weighted by Crippen LogP contribution is 2.29. The molecule has 4 nitrogen and oxygen atoms in total. The lowest BCUT2D eigenvalue weighted by atomic mass is 10.2. The monoisotopic (exact) mass is 318 g/mol. The lowest BCUT2D eigenvalue weighted by molar-refractivity contribution is 0.0414. The number of thiophene rings is 1. The predicted molar refractivity (Wildman–Crippen MR) is 79.6 cm³/mol. The van der Waals surface area contributed by atoms with E-state index in [0.29, 0.717) is 6.61 Å². The Morgan fingerprint density at radius 1 is 1.10 bits per heavy atom. The smallest absolute Gasteiger partial charge is 0.341 e. The molecule has 0 fully saturated rings. The molecule has 0 radical (unpaired) electrons. The van der Waals surface area contributed by atoms with E-state index in [9.17, 15) is 9.59 Å². The summed E-state index contributed by atoms with van der Waals surface area (Å²) in [6, 6.07) is 0. The zero-order chi connectivity index (χ0) is 15.3. The van der Waals surface area contributed by atoms with E-state index in [1.54, 1.807) is 0 Å². The van der Waals surface area contributed by atoms with E-state index in [0.717, 1.165) is 11.3 Å². The van der Waals surface area contributed by atoms with E-state index in [4.69, 9.17) is 21.1 Å². The van der Waals surface area contributed by atoms with Gasteiger partial charge in [-0.3, -0.25) is 0 Å². The predicted octanol–water partition coefficient (Wildman–Crippen LogP) is 4.03. The van der Waals surface area contributed by atoms with Gasteiger partial charge in [-0.1, -0.05) is 39.3 Å². The van der Waals surface area contributed by atoms with E-state index in [2.05, 4.69) is 0 Å². The molecule has 0 bridgehead atoms. The fourth-order valence-electron chi connectivity index (χ4n) is 1.31. The van der Waals surface area contributed by atoms with Crippen LogP contribution in [-0.4, -0.2) is 25.2 Å². The molecule has 0 aromatic carbocycles. The fraction of sp³-hybridized carbons (Fsp3) is 0.571. The first kappa shape index (κ1) is 17.0. The molecule has 20 heavy (non-hydrogen) atoms. The van der Waals surface area contributed by atoms with E-state index >= 15 is 0 Å². The van der Waals surface area contributed by atoms with Gasteiger partial charge in [0.05, 0.1) is 18.8 Å². The highest BCUT2D eigenvalue weighted by Gasteiger charge is 2.25. The van der Waals surface area contributed by atoms with Crippen LogP contribution in [0.2, 0.25) is 4.34 Å². The Balaban J connectivity index is 2.83. The number of carbonyl (C=O) groups is 2. The summed E-state index contributed by atoms with van der Waals surface area (Å²) in [4.78, 5) is 23.9. The number of esters is 2. The topological polar surface area (TPSA) is 52.6 Å². The molecule has 0 aliphatic rings. The maximum atomic E-state index is 12.0. The quantitative estimate of drug-likeness (QED) is 0.743. The zero-order valence-corrected chi connectivity index (χ0v) is 13.6. The molecule has 112 valence electrons. The van der Waals surface area contributed by atoms with Crippen LogP contribution in [0.1, 0.15) is 48.4 Å². The first-order valence-corrected chi connectivity index (χ1v) is 7.69. The minimum absolute atomic E-state index is 0.103. The van der Waals surface area contributed by atoms with Gasteiger partial charge in [0.2, 0.25) is 0 Å². The largest absolute Gasteiger partial charge is 0.462 e. The number of rotatable bonds is 6. The second-order valence-corrected chi connectivity index (χ2v) is 6.76. The summed E-state index contributed by atoms with van der Waals surface area (Å²) < 4.78 is 10.5. The summed E-state index contributed by atoms with van der Waals surface area (Å²) in [5.74, 6) is -0.683. The van der Waals surface area contributed by atoms with Crippen LogP contribution >= 0.6 is 22.9 Å². The molecule has 0 atom stereocenters. The fourth-order valence-corrected chi connectivity index (χ4v) is 2.37. The van der Waals surface area contributed by atoms with Gasteiger partial charge in [0.1, 0.15) is 9.90 Å². The molecule has 0 spiro atoms. The third-order valence-electron chi connectivity index (χ3n) is 2.27. The average Bonchev–Trinajstić information content (AvgIpc) is 2.75. The first-order valence-electron chi connectivity index (χ1n) is 6.44. The number of hydrogen-bond acceptors (Lipinski definition) is 5. The minimum atomic E-state index is -0.582. The number of halogens is 1. The van der Waals surface area contributed by atoms with Crippen LogP contribution < -0.4 is 0 Å². The number of carbonyl (C=O) groups excluding carboxylic acids is 2. The van der Waals surface area contributed by atoms with Gasteiger partial charge in [-0.05, 0) is 11.8 Å². The lowest BCUT2D eigenvalue weighted by Crippen LogP contribution is -2.16. The molecule has 0 aliphatic heterocycles. The Hall–Kier alpha value is -1.07. The second kappa shape index (κ2) is 7.64. The Morgan fingerprint density at radius 3 is 2.10 bits per heavy atom. The second-order valence-electron chi connectivity index (χ2n) is 5.28. The van der Waals surface area contributed by atoms with E-state index in [-0.39, 0.29) is 33.9 Å². The Morgan fingerprint density at radius 2 is 1.60 bits per heavy atom. The third-order valence-corrected chi connectivity index (χ3v) is 3.49. The molecule has 0 saturated carbocycles. The van der Waals surface area contributed by atoms with Crippen molar-refractivity contribution < 1.29 is 19.1 Å². The van der Waals surface area contributed by atoms with E-state index < -0.39 is 11.9 Å². The van der Waals surface area contributed by atoms with E-state index in [1.165, 1.54) is 5.38 Å². The van der Waals surface area contributed by atoms with Gasteiger partial charge < -0.3 is 9.47 Å². The zero-order valence-electron chi connectivity index (χ0n) is 12.1. The van der Waals surface area contributed by atoms with Crippen molar-refractivity contribution in [2.75, 3.05) is 13.2 Å². The van der Waals surface area contributed by atoms with Gasteiger partial charge in [0.15, 0.2) is 0 Å². The maximum Gasteiger partial charge on any atom is 0.341 e. The van der Waals surface area contributed by atoms with Gasteiger partial charge >= 0.3 is 11.9 Å². The van der Waals surface area contributed by atoms with Crippen molar-refractivity contribution in [2.45, 2.75) is 27.7 Å². The SMILES string of the molecule is CC(C)COC(=O)c1csc(Cl)c1C(=O)OCC(C)C. The summed E-state index contributed by atoms with van der Waals surface area (Å²) in [5.41, 5.74) is 0.278. The first-order chi connectivity index (χ1) is 9.32. The molecule has 0 amide bonds. The Bertz CT molecular complexity index is 480. The summed E-state index contributed by atoms with van der Waals surface area (Å²) in [7, 11) is 0. The van der Waals surface area contributed by atoms with Crippen LogP contribution in [0.25, 0.3) is 0 Å².